The standard InChI is InChI=1S/C14H18BrNO3/c1-2-9-8-16(6-5-12(9)17)14(19)11-4-3-10(15)7-13(11)18/h3-4,7,9,12,17-18H,2,5-6,8H2,1H3. The van der Waals surface area contributed by atoms with E-state index in [1.165, 1.54) is 6.07 Å². The first kappa shape index (κ1) is 14.3. The first-order valence-electron chi connectivity index (χ1n) is 6.48. The highest BCUT2D eigenvalue weighted by atomic mass is 79.9. The van der Waals surface area contributed by atoms with Gasteiger partial charge in [-0.05, 0) is 31.0 Å². The molecule has 0 spiro atoms. The van der Waals surface area contributed by atoms with E-state index >= 15 is 0 Å². The van der Waals surface area contributed by atoms with Crippen LogP contribution in [0.1, 0.15) is 30.1 Å². The number of amides is 1. The smallest absolute Gasteiger partial charge is 0.257 e. The Morgan fingerprint density at radius 2 is 2.26 bits per heavy atom. The lowest BCUT2D eigenvalue weighted by atomic mass is 9.92. The van der Waals surface area contributed by atoms with Crippen LogP contribution in [0.3, 0.4) is 0 Å². The van der Waals surface area contributed by atoms with Crippen molar-refractivity contribution in [2.24, 2.45) is 5.92 Å². The van der Waals surface area contributed by atoms with Crippen LogP contribution in [-0.4, -0.2) is 40.2 Å². The fourth-order valence-electron chi connectivity index (χ4n) is 2.46. The Balaban J connectivity index is 2.15. The number of likely N-dealkylation sites (tertiary alicyclic amines) is 1. The summed E-state index contributed by atoms with van der Waals surface area (Å²) in [5, 5.41) is 19.7. The second-order valence-electron chi connectivity index (χ2n) is 4.94. The summed E-state index contributed by atoms with van der Waals surface area (Å²) in [7, 11) is 0. The Kier molecular flexibility index (Phi) is 4.47. The molecule has 0 saturated carbocycles. The Labute approximate surface area is 121 Å². The molecule has 5 heteroatoms. The first-order valence-corrected chi connectivity index (χ1v) is 7.28. The number of nitrogens with zero attached hydrogens (tertiary/aromatic N) is 1. The lowest BCUT2D eigenvalue weighted by Crippen LogP contribution is -2.45. The van der Waals surface area contributed by atoms with Crippen molar-refractivity contribution in [2.75, 3.05) is 13.1 Å². The maximum Gasteiger partial charge on any atom is 0.257 e. The van der Waals surface area contributed by atoms with Gasteiger partial charge in [0, 0.05) is 23.5 Å². The molecule has 1 aromatic rings. The average molecular weight is 328 g/mol. The fourth-order valence-corrected chi connectivity index (χ4v) is 2.81. The largest absolute Gasteiger partial charge is 0.507 e. The molecular formula is C14H18BrNO3. The van der Waals surface area contributed by atoms with Crippen LogP contribution in [-0.2, 0) is 0 Å². The zero-order valence-electron chi connectivity index (χ0n) is 10.8. The van der Waals surface area contributed by atoms with Gasteiger partial charge < -0.3 is 15.1 Å². The number of halogens is 1. The van der Waals surface area contributed by atoms with Crippen molar-refractivity contribution in [3.05, 3.63) is 28.2 Å². The normalized spacial score (nSPS) is 23.4. The highest BCUT2D eigenvalue weighted by Gasteiger charge is 2.30. The maximum atomic E-state index is 12.4. The third kappa shape index (κ3) is 3.09. The van der Waals surface area contributed by atoms with Crippen LogP contribution >= 0.6 is 15.9 Å². The zero-order chi connectivity index (χ0) is 14.0. The molecule has 1 aromatic carbocycles. The van der Waals surface area contributed by atoms with E-state index < -0.39 is 0 Å². The summed E-state index contributed by atoms with van der Waals surface area (Å²) in [4.78, 5) is 14.1. The molecule has 19 heavy (non-hydrogen) atoms. The first-order chi connectivity index (χ1) is 9.02. The van der Waals surface area contributed by atoms with E-state index in [0.717, 1.165) is 10.9 Å². The number of benzene rings is 1. The summed E-state index contributed by atoms with van der Waals surface area (Å²) in [6.07, 6.45) is 1.12. The van der Waals surface area contributed by atoms with E-state index in [4.69, 9.17) is 0 Å². The third-order valence-electron chi connectivity index (χ3n) is 3.70. The molecule has 0 bridgehead atoms. The topological polar surface area (TPSA) is 60.8 Å². The van der Waals surface area contributed by atoms with Gasteiger partial charge in [-0.1, -0.05) is 22.9 Å². The van der Waals surface area contributed by atoms with E-state index in [1.54, 1.807) is 17.0 Å². The minimum atomic E-state index is -0.326. The summed E-state index contributed by atoms with van der Waals surface area (Å²) >= 11 is 3.25. The van der Waals surface area contributed by atoms with Crippen LogP contribution in [0.15, 0.2) is 22.7 Å². The Hall–Kier alpha value is -1.07. The third-order valence-corrected chi connectivity index (χ3v) is 4.19. The second kappa shape index (κ2) is 5.92. The van der Waals surface area contributed by atoms with E-state index in [0.29, 0.717) is 25.1 Å². The Morgan fingerprint density at radius 1 is 1.53 bits per heavy atom. The van der Waals surface area contributed by atoms with Gasteiger partial charge in [-0.2, -0.15) is 0 Å². The molecule has 1 aliphatic rings. The Bertz CT molecular complexity index is 478. The number of phenols is 1. The fraction of sp³-hybridized carbons (Fsp3) is 0.500. The van der Waals surface area contributed by atoms with Gasteiger partial charge in [0.15, 0.2) is 0 Å². The molecule has 2 atom stereocenters. The highest BCUT2D eigenvalue weighted by molar-refractivity contribution is 9.10. The molecule has 0 radical (unpaired) electrons. The molecular weight excluding hydrogens is 310 g/mol. The minimum absolute atomic E-state index is 0.0152. The van der Waals surface area contributed by atoms with Gasteiger partial charge in [0.1, 0.15) is 5.75 Å². The van der Waals surface area contributed by atoms with Crippen molar-refractivity contribution >= 4 is 21.8 Å². The average Bonchev–Trinajstić information content (AvgIpc) is 2.38. The predicted octanol–water partition coefficient (Wildman–Crippen LogP) is 2.39. The van der Waals surface area contributed by atoms with Crippen molar-refractivity contribution < 1.29 is 15.0 Å². The van der Waals surface area contributed by atoms with Crippen molar-refractivity contribution in [2.45, 2.75) is 25.9 Å². The van der Waals surface area contributed by atoms with Crippen molar-refractivity contribution in [1.82, 2.24) is 4.90 Å². The molecule has 2 rings (SSSR count). The summed E-state index contributed by atoms with van der Waals surface area (Å²) in [5.74, 6) is -0.0656. The molecule has 104 valence electrons. The number of aliphatic hydroxyl groups is 1. The van der Waals surface area contributed by atoms with Crippen LogP contribution in [0.25, 0.3) is 0 Å². The zero-order valence-corrected chi connectivity index (χ0v) is 12.4. The quantitative estimate of drug-likeness (QED) is 0.876. The number of carbonyl (C=O) groups excluding carboxylic acids is 1. The van der Waals surface area contributed by atoms with Gasteiger partial charge in [0.25, 0.3) is 5.91 Å². The van der Waals surface area contributed by atoms with Crippen molar-refractivity contribution in [1.29, 1.82) is 0 Å². The molecule has 1 fully saturated rings. The number of piperidine rings is 1. The lowest BCUT2D eigenvalue weighted by Gasteiger charge is -2.35. The van der Waals surface area contributed by atoms with Crippen LogP contribution in [0.5, 0.6) is 5.75 Å². The number of aromatic hydroxyl groups is 1. The lowest BCUT2D eigenvalue weighted by molar-refractivity contribution is 0.0227. The summed E-state index contributed by atoms with van der Waals surface area (Å²) < 4.78 is 0.738. The van der Waals surface area contributed by atoms with Gasteiger partial charge in [0.05, 0.1) is 11.7 Å². The van der Waals surface area contributed by atoms with E-state index in [1.807, 2.05) is 6.92 Å². The van der Waals surface area contributed by atoms with E-state index in [2.05, 4.69) is 15.9 Å². The van der Waals surface area contributed by atoms with Crippen LogP contribution < -0.4 is 0 Å². The number of rotatable bonds is 2. The summed E-state index contributed by atoms with van der Waals surface area (Å²) in [6, 6.07) is 4.88. The monoisotopic (exact) mass is 327 g/mol. The van der Waals surface area contributed by atoms with Crippen molar-refractivity contribution in [3.8, 4) is 5.75 Å². The van der Waals surface area contributed by atoms with Gasteiger partial charge in [0.2, 0.25) is 0 Å². The van der Waals surface area contributed by atoms with Crippen molar-refractivity contribution in [3.63, 3.8) is 0 Å². The molecule has 2 unspecified atom stereocenters. The van der Waals surface area contributed by atoms with Crippen LogP contribution in [0, 0.1) is 5.92 Å². The molecule has 1 amide bonds. The molecule has 0 aromatic heterocycles. The van der Waals surface area contributed by atoms with Gasteiger partial charge in [-0.15, -0.1) is 0 Å². The molecule has 0 aliphatic carbocycles. The number of hydrogen-bond donors (Lipinski definition) is 2. The number of aliphatic hydroxyl groups excluding tert-OH is 1. The van der Waals surface area contributed by atoms with Gasteiger partial charge >= 0.3 is 0 Å². The molecule has 1 saturated heterocycles. The molecule has 1 heterocycles. The van der Waals surface area contributed by atoms with Gasteiger partial charge in [-0.3, -0.25) is 4.79 Å². The van der Waals surface area contributed by atoms with E-state index in [-0.39, 0.29) is 23.7 Å². The second-order valence-corrected chi connectivity index (χ2v) is 5.85. The predicted molar refractivity (Wildman–Crippen MR) is 76.1 cm³/mol. The number of hydrogen-bond acceptors (Lipinski definition) is 3. The van der Waals surface area contributed by atoms with Gasteiger partial charge in [-0.25, -0.2) is 0 Å². The highest BCUT2D eigenvalue weighted by Crippen LogP contribution is 2.26. The van der Waals surface area contributed by atoms with Crippen LogP contribution in [0.2, 0.25) is 0 Å². The van der Waals surface area contributed by atoms with Crippen LogP contribution in [0.4, 0.5) is 0 Å². The summed E-state index contributed by atoms with van der Waals surface area (Å²) in [5.41, 5.74) is 0.314. The van der Waals surface area contributed by atoms with E-state index in [9.17, 15) is 15.0 Å². The maximum absolute atomic E-state index is 12.4. The Morgan fingerprint density at radius 3 is 2.89 bits per heavy atom. The molecule has 1 aliphatic heterocycles. The number of carbonyl (C=O) groups is 1. The number of phenolic OH excluding ortho intramolecular Hbond substituents is 1. The minimum Gasteiger partial charge on any atom is -0.507 e. The molecule has 4 nitrogen and oxygen atoms in total. The molecule has 2 N–H and O–H groups in total. The summed E-state index contributed by atoms with van der Waals surface area (Å²) in [6.45, 7) is 3.09. The SMILES string of the molecule is CCC1CN(C(=O)c2ccc(Br)cc2O)CCC1O.